The molecule has 0 aliphatic carbocycles. The highest BCUT2D eigenvalue weighted by Gasteiger charge is 2.28. The van der Waals surface area contributed by atoms with E-state index < -0.39 is 15.6 Å². The Bertz CT molecular complexity index is 528. The molecule has 0 amide bonds. The highest BCUT2D eigenvalue weighted by atomic mass is 35.5. The number of sulfonamides is 1. The second-order valence-electron chi connectivity index (χ2n) is 4.60. The SMILES string of the molecule is CCC(C)(CCO)NS(=O)(=O)c1cc(Cl)cc(Cl)c1. The van der Waals surface area contributed by atoms with E-state index in [1.165, 1.54) is 18.2 Å². The van der Waals surface area contributed by atoms with Crippen molar-refractivity contribution in [3.8, 4) is 0 Å². The molecule has 0 saturated carbocycles. The largest absolute Gasteiger partial charge is 0.396 e. The van der Waals surface area contributed by atoms with Crippen LogP contribution >= 0.6 is 23.2 Å². The number of benzene rings is 1. The molecule has 4 nitrogen and oxygen atoms in total. The summed E-state index contributed by atoms with van der Waals surface area (Å²) in [5, 5.41) is 9.53. The molecule has 1 atom stereocenters. The lowest BCUT2D eigenvalue weighted by Crippen LogP contribution is -2.46. The van der Waals surface area contributed by atoms with Crippen LogP contribution in [0.2, 0.25) is 10.0 Å². The molecule has 1 rings (SSSR count). The van der Waals surface area contributed by atoms with Crippen molar-refractivity contribution < 1.29 is 13.5 Å². The number of aliphatic hydroxyl groups is 1. The summed E-state index contributed by atoms with van der Waals surface area (Å²) in [6.07, 6.45) is 0.887. The zero-order chi connectivity index (χ0) is 14.7. The van der Waals surface area contributed by atoms with Gasteiger partial charge in [-0.2, -0.15) is 0 Å². The molecule has 0 bridgehead atoms. The van der Waals surface area contributed by atoms with Crippen LogP contribution in [0, 0.1) is 0 Å². The van der Waals surface area contributed by atoms with E-state index in [4.69, 9.17) is 28.3 Å². The number of hydrogen-bond donors (Lipinski definition) is 2. The summed E-state index contributed by atoms with van der Waals surface area (Å²) < 4.78 is 27.1. The van der Waals surface area contributed by atoms with Crippen LogP contribution in [-0.4, -0.2) is 25.7 Å². The molecule has 1 aromatic carbocycles. The van der Waals surface area contributed by atoms with Gasteiger partial charge in [0.2, 0.25) is 10.0 Å². The summed E-state index contributed by atoms with van der Waals surface area (Å²) in [5.41, 5.74) is -0.706. The molecule has 108 valence electrons. The number of halogens is 2. The van der Waals surface area contributed by atoms with E-state index in [0.717, 1.165) is 0 Å². The van der Waals surface area contributed by atoms with Crippen molar-refractivity contribution in [2.75, 3.05) is 6.61 Å². The standard InChI is InChI=1S/C12H17Cl2NO3S/c1-3-12(2,4-5-16)15-19(17,18)11-7-9(13)6-10(14)8-11/h6-8,15-16H,3-5H2,1-2H3. The van der Waals surface area contributed by atoms with Gasteiger partial charge in [0.15, 0.2) is 0 Å². The van der Waals surface area contributed by atoms with Crippen molar-refractivity contribution in [1.82, 2.24) is 4.72 Å². The molecule has 0 aliphatic rings. The molecule has 0 aliphatic heterocycles. The third-order valence-electron chi connectivity index (χ3n) is 2.97. The molecular weight excluding hydrogens is 309 g/mol. The Labute approximate surface area is 123 Å². The molecule has 2 N–H and O–H groups in total. The smallest absolute Gasteiger partial charge is 0.241 e. The van der Waals surface area contributed by atoms with Crippen LogP contribution in [0.5, 0.6) is 0 Å². The fourth-order valence-electron chi connectivity index (χ4n) is 1.61. The molecule has 0 fully saturated rings. The molecule has 19 heavy (non-hydrogen) atoms. The Hall–Kier alpha value is -0.330. The highest BCUT2D eigenvalue weighted by Crippen LogP contribution is 2.24. The van der Waals surface area contributed by atoms with Gasteiger partial charge < -0.3 is 5.11 Å². The van der Waals surface area contributed by atoms with E-state index in [1.54, 1.807) is 6.92 Å². The van der Waals surface area contributed by atoms with Crippen LogP contribution in [-0.2, 0) is 10.0 Å². The van der Waals surface area contributed by atoms with Crippen molar-refractivity contribution in [1.29, 1.82) is 0 Å². The van der Waals surface area contributed by atoms with E-state index in [2.05, 4.69) is 4.72 Å². The van der Waals surface area contributed by atoms with Crippen molar-refractivity contribution in [2.45, 2.75) is 37.1 Å². The van der Waals surface area contributed by atoms with Crippen molar-refractivity contribution >= 4 is 33.2 Å². The average Bonchev–Trinajstić information content (AvgIpc) is 2.27. The van der Waals surface area contributed by atoms with Gasteiger partial charge in [0.05, 0.1) is 4.90 Å². The molecule has 7 heteroatoms. The summed E-state index contributed by atoms with van der Waals surface area (Å²) in [4.78, 5) is 0.0163. The van der Waals surface area contributed by atoms with Crippen LogP contribution in [0.4, 0.5) is 0 Å². The topological polar surface area (TPSA) is 66.4 Å². The lowest BCUT2D eigenvalue weighted by atomic mass is 9.97. The normalized spacial score (nSPS) is 15.2. The lowest BCUT2D eigenvalue weighted by molar-refractivity contribution is 0.233. The Balaban J connectivity index is 3.10. The summed E-state index contributed by atoms with van der Waals surface area (Å²) >= 11 is 11.6. The molecule has 1 unspecified atom stereocenters. The first-order valence-electron chi connectivity index (χ1n) is 5.83. The van der Waals surface area contributed by atoms with Crippen molar-refractivity contribution in [2.24, 2.45) is 0 Å². The molecule has 0 radical (unpaired) electrons. The monoisotopic (exact) mass is 325 g/mol. The van der Waals surface area contributed by atoms with Crippen LogP contribution in [0.1, 0.15) is 26.7 Å². The highest BCUT2D eigenvalue weighted by molar-refractivity contribution is 7.89. The minimum absolute atomic E-state index is 0.0163. The molecule has 1 aromatic rings. The van der Waals surface area contributed by atoms with E-state index >= 15 is 0 Å². The van der Waals surface area contributed by atoms with Gasteiger partial charge in [-0.25, -0.2) is 13.1 Å². The van der Waals surface area contributed by atoms with Gasteiger partial charge >= 0.3 is 0 Å². The minimum Gasteiger partial charge on any atom is -0.396 e. The first-order valence-corrected chi connectivity index (χ1v) is 8.07. The number of aliphatic hydroxyl groups excluding tert-OH is 1. The average molecular weight is 326 g/mol. The van der Waals surface area contributed by atoms with E-state index in [1.807, 2.05) is 6.92 Å². The zero-order valence-corrected chi connectivity index (χ0v) is 13.1. The summed E-state index contributed by atoms with van der Waals surface area (Å²) in [7, 11) is -3.73. The molecule has 0 spiro atoms. The minimum atomic E-state index is -3.73. The molecule has 0 saturated heterocycles. The van der Waals surface area contributed by atoms with Gasteiger partial charge in [-0.15, -0.1) is 0 Å². The fourth-order valence-corrected chi connectivity index (χ4v) is 3.85. The maximum atomic E-state index is 12.3. The Morgan fingerprint density at radius 1 is 1.26 bits per heavy atom. The van der Waals surface area contributed by atoms with E-state index in [9.17, 15) is 8.42 Å². The number of nitrogens with one attached hydrogen (secondary N) is 1. The van der Waals surface area contributed by atoms with Gasteiger partial charge in [0.25, 0.3) is 0 Å². The maximum absolute atomic E-state index is 12.3. The third kappa shape index (κ3) is 4.61. The first kappa shape index (κ1) is 16.7. The summed E-state index contributed by atoms with van der Waals surface area (Å²) in [6.45, 7) is 3.50. The van der Waals surface area contributed by atoms with E-state index in [0.29, 0.717) is 12.8 Å². The van der Waals surface area contributed by atoms with Gasteiger partial charge in [-0.3, -0.25) is 0 Å². The number of hydrogen-bond acceptors (Lipinski definition) is 3. The molecule has 0 aromatic heterocycles. The quantitative estimate of drug-likeness (QED) is 0.845. The lowest BCUT2D eigenvalue weighted by Gasteiger charge is -2.28. The fraction of sp³-hybridized carbons (Fsp3) is 0.500. The zero-order valence-electron chi connectivity index (χ0n) is 10.8. The van der Waals surface area contributed by atoms with Gasteiger partial charge in [0, 0.05) is 22.2 Å². The van der Waals surface area contributed by atoms with Gasteiger partial charge in [-0.05, 0) is 38.0 Å². The van der Waals surface area contributed by atoms with Gasteiger partial charge in [0.1, 0.15) is 0 Å². The van der Waals surface area contributed by atoms with Crippen LogP contribution in [0.3, 0.4) is 0 Å². The Morgan fingerprint density at radius 2 is 1.79 bits per heavy atom. The number of rotatable bonds is 6. The first-order chi connectivity index (χ1) is 8.72. The molecular formula is C12H17Cl2NO3S. The van der Waals surface area contributed by atoms with Crippen LogP contribution < -0.4 is 4.72 Å². The van der Waals surface area contributed by atoms with E-state index in [-0.39, 0.29) is 21.5 Å². The second-order valence-corrected chi connectivity index (χ2v) is 7.15. The third-order valence-corrected chi connectivity index (χ3v) is 5.03. The van der Waals surface area contributed by atoms with Crippen molar-refractivity contribution in [3.63, 3.8) is 0 Å². The second kappa shape index (κ2) is 6.41. The Kier molecular flexibility index (Phi) is 5.65. The predicted octanol–water partition coefficient (Wildman–Crippen LogP) is 2.82. The van der Waals surface area contributed by atoms with Crippen LogP contribution in [0.15, 0.2) is 23.1 Å². The summed E-state index contributed by atoms with van der Waals surface area (Å²) in [6, 6.07) is 4.14. The predicted molar refractivity (Wildman–Crippen MR) is 77.2 cm³/mol. The summed E-state index contributed by atoms with van der Waals surface area (Å²) in [5.74, 6) is 0. The Morgan fingerprint density at radius 3 is 2.21 bits per heavy atom. The van der Waals surface area contributed by atoms with Gasteiger partial charge in [-0.1, -0.05) is 30.1 Å². The van der Waals surface area contributed by atoms with Crippen molar-refractivity contribution in [3.05, 3.63) is 28.2 Å². The maximum Gasteiger partial charge on any atom is 0.241 e. The van der Waals surface area contributed by atoms with Crippen LogP contribution in [0.25, 0.3) is 0 Å². The molecule has 0 heterocycles.